The average molecular weight is 677 g/mol. The molecule has 1 N–H and O–H groups in total. The average Bonchev–Trinajstić information content (AvgIpc) is 3.42. The maximum absolute atomic E-state index is 13.6. The first-order valence-electron chi connectivity index (χ1n) is 18.7. The molecule has 10 atom stereocenters. The summed E-state index contributed by atoms with van der Waals surface area (Å²) in [6.45, 7) is 13.8. The van der Waals surface area contributed by atoms with Crippen molar-refractivity contribution in [3.8, 4) is 5.75 Å². The summed E-state index contributed by atoms with van der Waals surface area (Å²) in [5.74, 6) is 4.99. The molecular weight excluding hydrogens is 620 g/mol. The van der Waals surface area contributed by atoms with E-state index in [0.717, 1.165) is 49.4 Å². The van der Waals surface area contributed by atoms with E-state index in [1.165, 1.54) is 38.5 Å². The second-order valence-corrected chi connectivity index (χ2v) is 17.3. The zero-order chi connectivity index (χ0) is 34.4. The van der Waals surface area contributed by atoms with Crippen LogP contribution < -0.4 is 4.74 Å². The molecule has 4 fully saturated rings. The summed E-state index contributed by atoms with van der Waals surface area (Å²) in [5.41, 5.74) is 0.645. The first-order chi connectivity index (χ1) is 22.8. The fraction of sp³-hybridized carbons (Fsp3) is 0.667. The lowest BCUT2D eigenvalue weighted by Crippen LogP contribution is -2.57. The quantitative estimate of drug-likeness (QED) is 0.200. The molecule has 0 bridgehead atoms. The van der Waals surface area contributed by atoms with E-state index in [-0.39, 0.29) is 17.9 Å². The topological polar surface area (TPSA) is 72.8 Å². The molecule has 0 amide bonds. The molecule has 0 radical (unpaired) electrons. The van der Waals surface area contributed by atoms with Crippen LogP contribution in [0.25, 0.3) is 0 Å². The molecule has 262 valence electrons. The number of esters is 1. The van der Waals surface area contributed by atoms with Crippen LogP contribution in [0.1, 0.15) is 122 Å². The fourth-order valence-corrected chi connectivity index (χ4v) is 11.6. The molecule has 0 heterocycles. The second kappa shape index (κ2) is 13.7. The van der Waals surface area contributed by atoms with E-state index < -0.39 is 5.60 Å². The lowest BCUT2D eigenvalue weighted by atomic mass is 9.42. The summed E-state index contributed by atoms with van der Waals surface area (Å²) in [4.78, 5) is 26.5. The van der Waals surface area contributed by atoms with Crippen LogP contribution >= 0.6 is 11.6 Å². The van der Waals surface area contributed by atoms with Crippen LogP contribution in [0.5, 0.6) is 5.75 Å². The third-order valence-corrected chi connectivity index (χ3v) is 14.3. The molecule has 0 aromatic heterocycles. The van der Waals surface area contributed by atoms with Crippen LogP contribution in [0, 0.1) is 52.3 Å². The molecule has 4 saturated carbocycles. The standard InChI is InChI=1S/C42H57ClO5/c1-7-27-24-33-35-17-16-34(26(2)20-23-44)41(35,5)22-19-36(33)42(6)21-18-32(25-37(27)42)47-39(46)40(3,4)48-31-14-10-29(11-15-31)38(45)28-8-12-30(43)13-9-28/h8-15,26-27,32-37,44H,7,16-25H2,1-6H3/t26-,27+,32-,33?,34-,35?,36?,37+,41-,42-/m1/s1. The van der Waals surface area contributed by atoms with Crippen LogP contribution in [0.3, 0.4) is 0 Å². The smallest absolute Gasteiger partial charge is 0.350 e. The normalized spacial score (nSPS) is 35.1. The van der Waals surface area contributed by atoms with Gasteiger partial charge in [-0.2, -0.15) is 0 Å². The molecular formula is C42H57ClO5. The highest BCUT2D eigenvalue weighted by Gasteiger charge is 2.62. The van der Waals surface area contributed by atoms with Crippen molar-refractivity contribution in [1.82, 2.24) is 0 Å². The van der Waals surface area contributed by atoms with Crippen LogP contribution in [-0.4, -0.2) is 35.2 Å². The van der Waals surface area contributed by atoms with Gasteiger partial charge < -0.3 is 14.6 Å². The number of aliphatic hydroxyl groups excluding tert-OH is 1. The minimum atomic E-state index is -1.16. The van der Waals surface area contributed by atoms with E-state index in [2.05, 4.69) is 27.7 Å². The molecule has 0 spiro atoms. The third kappa shape index (κ3) is 6.48. The summed E-state index contributed by atoms with van der Waals surface area (Å²) in [7, 11) is 0. The van der Waals surface area contributed by atoms with Gasteiger partial charge in [0.05, 0.1) is 0 Å². The number of aliphatic hydroxyl groups is 1. The Morgan fingerprint density at radius 1 is 0.896 bits per heavy atom. The Balaban J connectivity index is 1.09. The number of hydrogen-bond acceptors (Lipinski definition) is 5. The van der Waals surface area contributed by atoms with Gasteiger partial charge in [-0.15, -0.1) is 0 Å². The minimum Gasteiger partial charge on any atom is -0.476 e. The number of ether oxygens (including phenoxy) is 2. The van der Waals surface area contributed by atoms with Gasteiger partial charge in [0.1, 0.15) is 11.9 Å². The summed E-state index contributed by atoms with van der Waals surface area (Å²) in [6.07, 6.45) is 11.6. The number of halogens is 1. The van der Waals surface area contributed by atoms with Crippen molar-refractivity contribution in [1.29, 1.82) is 0 Å². The zero-order valence-corrected chi connectivity index (χ0v) is 30.7. The predicted molar refractivity (Wildman–Crippen MR) is 191 cm³/mol. The van der Waals surface area contributed by atoms with Crippen LogP contribution in [0.4, 0.5) is 0 Å². The van der Waals surface area contributed by atoms with Gasteiger partial charge in [-0.1, -0.05) is 45.7 Å². The SMILES string of the molecule is CC[C@H]1CC2C3CC[C@H]([C@H](C)CCO)[C@@]3(C)CCC2[C@@]2(C)CC[C@@H](OC(=O)C(C)(C)Oc3ccc(C(=O)c4ccc(Cl)cc4)cc3)C[C@@H]12. The van der Waals surface area contributed by atoms with Gasteiger partial charge in [0, 0.05) is 22.8 Å². The molecule has 2 aromatic carbocycles. The second-order valence-electron chi connectivity index (χ2n) is 16.9. The van der Waals surface area contributed by atoms with Gasteiger partial charge in [0.25, 0.3) is 0 Å². The summed E-state index contributed by atoms with van der Waals surface area (Å²) in [5, 5.41) is 10.3. The Kier molecular flexibility index (Phi) is 10.2. The Labute approximate surface area is 293 Å². The highest BCUT2D eigenvalue weighted by atomic mass is 35.5. The number of benzene rings is 2. The zero-order valence-electron chi connectivity index (χ0n) is 30.0. The number of hydrogen-bond donors (Lipinski definition) is 1. The summed E-state index contributed by atoms with van der Waals surface area (Å²) >= 11 is 5.97. The van der Waals surface area contributed by atoms with Crippen molar-refractivity contribution in [3.05, 3.63) is 64.7 Å². The van der Waals surface area contributed by atoms with Crippen molar-refractivity contribution in [2.45, 2.75) is 117 Å². The van der Waals surface area contributed by atoms with Crippen molar-refractivity contribution >= 4 is 23.4 Å². The van der Waals surface area contributed by atoms with E-state index >= 15 is 0 Å². The van der Waals surface area contributed by atoms with Crippen molar-refractivity contribution in [3.63, 3.8) is 0 Å². The molecule has 0 aliphatic heterocycles. The number of rotatable bonds is 10. The van der Waals surface area contributed by atoms with E-state index in [9.17, 15) is 14.7 Å². The van der Waals surface area contributed by atoms with E-state index in [1.807, 2.05) is 0 Å². The van der Waals surface area contributed by atoms with E-state index in [4.69, 9.17) is 21.1 Å². The Morgan fingerprint density at radius 3 is 2.17 bits per heavy atom. The molecule has 3 unspecified atom stereocenters. The molecule has 4 aliphatic carbocycles. The lowest BCUT2D eigenvalue weighted by Gasteiger charge is -2.63. The number of carbonyl (C=O) groups excluding carboxylic acids is 2. The van der Waals surface area contributed by atoms with E-state index in [0.29, 0.717) is 57.1 Å². The first kappa shape index (κ1) is 35.5. The Hall–Kier alpha value is -2.37. The van der Waals surface area contributed by atoms with Crippen LogP contribution in [0.2, 0.25) is 5.02 Å². The van der Waals surface area contributed by atoms with Crippen molar-refractivity contribution in [2.75, 3.05) is 6.61 Å². The Morgan fingerprint density at radius 2 is 1.52 bits per heavy atom. The maximum atomic E-state index is 13.6. The summed E-state index contributed by atoms with van der Waals surface area (Å²) in [6, 6.07) is 13.8. The van der Waals surface area contributed by atoms with Crippen LogP contribution in [0.15, 0.2) is 48.5 Å². The third-order valence-electron chi connectivity index (χ3n) is 14.0. The number of ketones is 1. The van der Waals surface area contributed by atoms with Gasteiger partial charge in [-0.05, 0) is 172 Å². The molecule has 2 aromatic rings. The van der Waals surface area contributed by atoms with Gasteiger partial charge in [0.15, 0.2) is 11.4 Å². The molecule has 5 nitrogen and oxygen atoms in total. The van der Waals surface area contributed by atoms with Gasteiger partial charge in [-0.3, -0.25) is 4.79 Å². The molecule has 6 heteroatoms. The van der Waals surface area contributed by atoms with Crippen molar-refractivity contribution < 1.29 is 24.2 Å². The van der Waals surface area contributed by atoms with Gasteiger partial charge in [0.2, 0.25) is 0 Å². The minimum absolute atomic E-state index is 0.0903. The van der Waals surface area contributed by atoms with Crippen molar-refractivity contribution in [2.24, 2.45) is 52.3 Å². The van der Waals surface area contributed by atoms with Gasteiger partial charge >= 0.3 is 5.97 Å². The molecule has 0 saturated heterocycles. The van der Waals surface area contributed by atoms with Gasteiger partial charge in [-0.25, -0.2) is 4.79 Å². The van der Waals surface area contributed by atoms with Crippen LogP contribution in [-0.2, 0) is 9.53 Å². The van der Waals surface area contributed by atoms with E-state index in [1.54, 1.807) is 62.4 Å². The summed E-state index contributed by atoms with van der Waals surface area (Å²) < 4.78 is 12.5. The number of fused-ring (bicyclic) bond motifs is 5. The fourth-order valence-electron chi connectivity index (χ4n) is 11.5. The highest BCUT2D eigenvalue weighted by molar-refractivity contribution is 6.30. The lowest BCUT2D eigenvalue weighted by molar-refractivity contribution is -0.182. The maximum Gasteiger partial charge on any atom is 0.350 e. The highest BCUT2D eigenvalue weighted by Crippen LogP contribution is 2.69. The first-order valence-corrected chi connectivity index (χ1v) is 19.1. The largest absolute Gasteiger partial charge is 0.476 e. The monoisotopic (exact) mass is 676 g/mol. The Bertz CT molecular complexity index is 1450. The number of carbonyl (C=O) groups is 2. The molecule has 48 heavy (non-hydrogen) atoms. The molecule has 6 rings (SSSR count). The predicted octanol–water partition coefficient (Wildman–Crippen LogP) is 9.95. The molecule has 4 aliphatic rings.